The van der Waals surface area contributed by atoms with Crippen LogP contribution in [0.25, 0.3) is 38.8 Å². The fourth-order valence-corrected chi connectivity index (χ4v) is 8.02. The van der Waals surface area contributed by atoms with Crippen molar-refractivity contribution in [2.45, 2.75) is 58.8 Å². The van der Waals surface area contributed by atoms with Gasteiger partial charge in [-0.2, -0.15) is 0 Å². The van der Waals surface area contributed by atoms with Crippen LogP contribution >= 0.6 is 0 Å². The minimum atomic E-state index is -0.242. The zero-order valence-electron chi connectivity index (χ0n) is 30.3. The molecule has 7 aromatic rings. The summed E-state index contributed by atoms with van der Waals surface area (Å²) in [5.41, 5.74) is 13.7. The Hall–Kier alpha value is -5.35. The fourth-order valence-electron chi connectivity index (χ4n) is 8.02. The molecule has 0 bridgehead atoms. The lowest BCUT2D eigenvalue weighted by Crippen LogP contribution is -2.25. The van der Waals surface area contributed by atoms with E-state index in [9.17, 15) is 0 Å². The molecule has 250 valence electrons. The largest absolute Gasteiger partial charge is 0.355 e. The highest BCUT2D eigenvalue weighted by Crippen LogP contribution is 2.43. The van der Waals surface area contributed by atoms with E-state index in [-0.39, 0.29) is 5.41 Å². The predicted octanol–water partition coefficient (Wildman–Crippen LogP) is 12.0. The van der Waals surface area contributed by atoms with Gasteiger partial charge in [-0.05, 0) is 93.7 Å². The van der Waals surface area contributed by atoms with E-state index in [0.29, 0.717) is 11.8 Å². The molecule has 0 fully saturated rings. The van der Waals surface area contributed by atoms with Crippen LogP contribution < -0.4 is 9.80 Å². The molecule has 4 nitrogen and oxygen atoms in total. The van der Waals surface area contributed by atoms with Crippen molar-refractivity contribution in [2.24, 2.45) is 0 Å². The lowest BCUT2D eigenvalue weighted by Gasteiger charge is -2.28. The summed E-state index contributed by atoms with van der Waals surface area (Å²) in [5.74, 6) is 1.77. The zero-order chi connectivity index (χ0) is 34.7. The highest BCUT2D eigenvalue weighted by molar-refractivity contribution is 6.09. The van der Waals surface area contributed by atoms with Gasteiger partial charge in [-0.15, -0.1) is 0 Å². The smallest absolute Gasteiger partial charge is 0.138 e. The first-order valence-electron chi connectivity index (χ1n) is 17.9. The highest BCUT2D eigenvalue weighted by Gasteiger charge is 2.28. The van der Waals surface area contributed by atoms with Gasteiger partial charge in [0.15, 0.2) is 0 Å². The maximum Gasteiger partial charge on any atom is 0.138 e. The van der Waals surface area contributed by atoms with Gasteiger partial charge in [0.2, 0.25) is 0 Å². The molecule has 8 rings (SSSR count). The standard InChI is InChI=1S/C46H46N4/c1-30(2)36-17-13-18-37(31(3)4)45(36)32-24-25-47-44(26-32)50-40-19-9-8-16-38(40)39-23-22-34(28-43(39)50)46(5,6)33-14-12-15-35(27-33)49-29-48(7)41-20-10-11-21-42(41)49/h8-28,30-31H,29H2,1-7H3. The second kappa shape index (κ2) is 12.2. The Bertz CT molecular complexity index is 2350. The van der Waals surface area contributed by atoms with Crippen LogP contribution in [0.5, 0.6) is 0 Å². The molecule has 0 radical (unpaired) electrons. The number of nitrogens with zero attached hydrogens (tertiary/aromatic N) is 4. The molecule has 3 heterocycles. The fraction of sp³-hybridized carbons (Fsp3) is 0.239. The van der Waals surface area contributed by atoms with E-state index in [1.54, 1.807) is 0 Å². The molecular weight excluding hydrogens is 609 g/mol. The Morgan fingerprint density at radius 3 is 2.04 bits per heavy atom. The summed E-state index contributed by atoms with van der Waals surface area (Å²) in [6.07, 6.45) is 1.99. The van der Waals surface area contributed by atoms with Crippen LogP contribution in [-0.2, 0) is 5.41 Å². The van der Waals surface area contributed by atoms with Crippen LogP contribution in [0.1, 0.15) is 75.6 Å². The molecule has 0 saturated carbocycles. The Morgan fingerprint density at radius 1 is 0.620 bits per heavy atom. The molecule has 5 aromatic carbocycles. The van der Waals surface area contributed by atoms with E-state index >= 15 is 0 Å². The molecule has 1 aliphatic rings. The number of fused-ring (bicyclic) bond motifs is 4. The second-order valence-corrected chi connectivity index (χ2v) is 15.0. The van der Waals surface area contributed by atoms with Gasteiger partial charge >= 0.3 is 0 Å². The molecule has 0 spiro atoms. The quantitative estimate of drug-likeness (QED) is 0.171. The number of hydrogen-bond acceptors (Lipinski definition) is 3. The second-order valence-electron chi connectivity index (χ2n) is 15.0. The Kier molecular flexibility index (Phi) is 7.79. The number of hydrogen-bond donors (Lipinski definition) is 0. The molecule has 0 unspecified atom stereocenters. The monoisotopic (exact) mass is 654 g/mol. The number of aromatic nitrogens is 2. The molecule has 0 saturated heterocycles. The van der Waals surface area contributed by atoms with Crippen molar-refractivity contribution in [2.75, 3.05) is 23.5 Å². The number of benzene rings is 5. The first kappa shape index (κ1) is 31.9. The minimum absolute atomic E-state index is 0.242. The Morgan fingerprint density at radius 2 is 1.28 bits per heavy atom. The van der Waals surface area contributed by atoms with E-state index in [0.717, 1.165) is 12.5 Å². The third kappa shape index (κ3) is 5.17. The first-order valence-corrected chi connectivity index (χ1v) is 17.9. The maximum absolute atomic E-state index is 5.04. The average molecular weight is 655 g/mol. The van der Waals surface area contributed by atoms with Gasteiger partial charge in [-0.3, -0.25) is 4.57 Å². The van der Waals surface area contributed by atoms with Gasteiger partial charge in [-0.1, -0.05) is 114 Å². The number of anilines is 3. The van der Waals surface area contributed by atoms with Crippen molar-refractivity contribution in [1.82, 2.24) is 9.55 Å². The maximum atomic E-state index is 5.04. The normalized spacial score (nSPS) is 13.3. The van der Waals surface area contributed by atoms with Crippen LogP contribution in [0.4, 0.5) is 17.1 Å². The van der Waals surface area contributed by atoms with Crippen LogP contribution in [0.15, 0.2) is 128 Å². The molecule has 1 aliphatic heterocycles. The zero-order valence-corrected chi connectivity index (χ0v) is 30.3. The summed E-state index contributed by atoms with van der Waals surface area (Å²) >= 11 is 0. The van der Waals surface area contributed by atoms with Crippen molar-refractivity contribution in [3.63, 3.8) is 0 Å². The highest BCUT2D eigenvalue weighted by atomic mass is 15.4. The first-order chi connectivity index (χ1) is 24.1. The van der Waals surface area contributed by atoms with Gasteiger partial charge in [0.05, 0.1) is 29.1 Å². The van der Waals surface area contributed by atoms with Crippen LogP contribution in [-0.4, -0.2) is 23.3 Å². The number of para-hydroxylation sites is 3. The van der Waals surface area contributed by atoms with Crippen LogP contribution in [0, 0.1) is 0 Å². The molecule has 0 amide bonds. The van der Waals surface area contributed by atoms with E-state index in [1.165, 1.54) is 72.2 Å². The van der Waals surface area contributed by atoms with Gasteiger partial charge in [0.25, 0.3) is 0 Å². The average Bonchev–Trinajstić information content (AvgIpc) is 3.65. The molecule has 0 aliphatic carbocycles. The Labute approximate surface area is 296 Å². The summed E-state index contributed by atoms with van der Waals surface area (Å²) < 4.78 is 2.37. The third-order valence-corrected chi connectivity index (χ3v) is 10.8. The number of pyridine rings is 1. The van der Waals surface area contributed by atoms with E-state index < -0.39 is 0 Å². The molecule has 4 heteroatoms. The summed E-state index contributed by atoms with van der Waals surface area (Å²) in [5, 5.41) is 2.48. The van der Waals surface area contributed by atoms with Crippen LogP contribution in [0.3, 0.4) is 0 Å². The van der Waals surface area contributed by atoms with Crippen molar-refractivity contribution in [3.8, 4) is 16.9 Å². The molecular formula is C46H46N4. The van der Waals surface area contributed by atoms with Crippen molar-refractivity contribution >= 4 is 38.9 Å². The van der Waals surface area contributed by atoms with Crippen molar-refractivity contribution in [3.05, 3.63) is 150 Å². The van der Waals surface area contributed by atoms with E-state index in [2.05, 4.69) is 184 Å². The Balaban J connectivity index is 1.26. The topological polar surface area (TPSA) is 24.3 Å². The van der Waals surface area contributed by atoms with E-state index in [1.807, 2.05) is 6.20 Å². The van der Waals surface area contributed by atoms with Gasteiger partial charge in [0.1, 0.15) is 5.82 Å². The molecule has 0 atom stereocenters. The number of rotatable bonds is 7. The third-order valence-electron chi connectivity index (χ3n) is 10.8. The van der Waals surface area contributed by atoms with Crippen molar-refractivity contribution < 1.29 is 0 Å². The SMILES string of the molecule is CC(C)c1cccc(C(C)C)c1-c1ccnc(-n2c3ccccc3c3ccc(C(C)(C)c4cccc(N5CN(C)c6ccccc65)c4)cc32)c1. The predicted molar refractivity (Wildman–Crippen MR) is 213 cm³/mol. The van der Waals surface area contributed by atoms with Gasteiger partial charge in [-0.25, -0.2) is 4.98 Å². The summed E-state index contributed by atoms with van der Waals surface area (Å²) in [6.45, 7) is 14.7. The van der Waals surface area contributed by atoms with E-state index in [4.69, 9.17) is 4.98 Å². The van der Waals surface area contributed by atoms with Crippen molar-refractivity contribution in [1.29, 1.82) is 0 Å². The lowest BCUT2D eigenvalue weighted by molar-refractivity contribution is 0.641. The summed E-state index contributed by atoms with van der Waals surface area (Å²) in [4.78, 5) is 9.77. The summed E-state index contributed by atoms with van der Waals surface area (Å²) in [7, 11) is 2.16. The molecule has 2 aromatic heterocycles. The van der Waals surface area contributed by atoms with Crippen LogP contribution in [0.2, 0.25) is 0 Å². The minimum Gasteiger partial charge on any atom is -0.355 e. The molecule has 0 N–H and O–H groups in total. The molecule has 50 heavy (non-hydrogen) atoms. The van der Waals surface area contributed by atoms with Gasteiger partial charge in [0, 0.05) is 35.1 Å². The van der Waals surface area contributed by atoms with Gasteiger partial charge < -0.3 is 9.80 Å². The lowest BCUT2D eigenvalue weighted by atomic mass is 9.77. The summed E-state index contributed by atoms with van der Waals surface area (Å²) in [6, 6.07) is 44.8.